The number of benzene rings is 1. The Labute approximate surface area is 196 Å². The van der Waals surface area contributed by atoms with Crippen molar-refractivity contribution in [2.24, 2.45) is 5.73 Å². The molecule has 7 nitrogen and oxygen atoms in total. The molecule has 178 valence electrons. The lowest BCUT2D eigenvalue weighted by Crippen LogP contribution is -2.44. The minimum atomic E-state index is -0.274. The molecule has 7 heteroatoms. The number of carbonyl (C=O) groups excluding carboxylic acids is 1. The summed E-state index contributed by atoms with van der Waals surface area (Å²) in [4.78, 5) is 22.0. The van der Waals surface area contributed by atoms with Gasteiger partial charge >= 0.3 is 6.09 Å². The molecule has 1 aliphatic heterocycles. The van der Waals surface area contributed by atoms with Gasteiger partial charge in [-0.3, -0.25) is 9.88 Å². The minimum absolute atomic E-state index is 0.0102. The normalized spacial score (nSPS) is 22.4. The van der Waals surface area contributed by atoms with Gasteiger partial charge in [-0.2, -0.15) is 0 Å². The van der Waals surface area contributed by atoms with Crippen LogP contribution in [0.1, 0.15) is 48.5 Å². The number of carbonyl (C=O) groups is 1. The molecule has 1 fully saturated rings. The van der Waals surface area contributed by atoms with E-state index in [1.54, 1.807) is 0 Å². The maximum Gasteiger partial charge on any atom is 0.410 e. The molecular formula is C26H36N4O3. The molecule has 1 saturated heterocycles. The average molecular weight is 453 g/mol. The molecule has 0 saturated carbocycles. The van der Waals surface area contributed by atoms with Crippen molar-refractivity contribution in [1.82, 2.24) is 14.8 Å². The van der Waals surface area contributed by atoms with Gasteiger partial charge in [-0.15, -0.1) is 0 Å². The Morgan fingerprint density at radius 1 is 1.24 bits per heavy atom. The van der Waals surface area contributed by atoms with Crippen LogP contribution in [0.4, 0.5) is 4.79 Å². The number of aromatic nitrogens is 1. The van der Waals surface area contributed by atoms with Crippen molar-refractivity contribution >= 4 is 6.09 Å². The quantitative estimate of drug-likeness (QED) is 0.586. The fraction of sp³-hybridized carbons (Fsp3) is 0.538. The average Bonchev–Trinajstić information content (AvgIpc) is 3.25. The number of fused-ring (bicyclic) bond motifs is 1. The summed E-state index contributed by atoms with van der Waals surface area (Å²) < 4.78 is 11.7. The van der Waals surface area contributed by atoms with Gasteiger partial charge in [-0.25, -0.2) is 4.79 Å². The first-order valence-corrected chi connectivity index (χ1v) is 12.1. The summed E-state index contributed by atoms with van der Waals surface area (Å²) in [6.07, 6.45) is 6.58. The molecule has 3 atom stereocenters. The molecule has 1 aromatic heterocycles. The Hall–Kier alpha value is -2.48. The molecule has 0 bridgehead atoms. The van der Waals surface area contributed by atoms with Gasteiger partial charge in [0.05, 0.1) is 30.4 Å². The van der Waals surface area contributed by atoms with Crippen molar-refractivity contribution in [3.05, 3.63) is 65.5 Å². The van der Waals surface area contributed by atoms with Crippen molar-refractivity contribution in [3.63, 3.8) is 0 Å². The van der Waals surface area contributed by atoms with Crippen molar-refractivity contribution in [2.75, 3.05) is 33.3 Å². The summed E-state index contributed by atoms with van der Waals surface area (Å²) in [5.74, 6) is 0. The highest BCUT2D eigenvalue weighted by molar-refractivity contribution is 5.68. The molecule has 1 aliphatic carbocycles. The number of pyridine rings is 1. The largest absolute Gasteiger partial charge is 0.445 e. The minimum Gasteiger partial charge on any atom is -0.445 e. The number of nitrogens with two attached hydrogens (primary N) is 1. The molecule has 0 radical (unpaired) electrons. The number of rotatable bonds is 9. The van der Waals surface area contributed by atoms with Crippen LogP contribution in [0.15, 0.2) is 48.7 Å². The summed E-state index contributed by atoms with van der Waals surface area (Å²) in [6, 6.07) is 14.3. The summed E-state index contributed by atoms with van der Waals surface area (Å²) in [5.41, 5.74) is 9.13. The molecule has 2 N–H and O–H groups in total. The topological polar surface area (TPSA) is 80.9 Å². The highest BCUT2D eigenvalue weighted by atomic mass is 16.6. The van der Waals surface area contributed by atoms with E-state index in [0.29, 0.717) is 19.7 Å². The van der Waals surface area contributed by atoms with Crippen molar-refractivity contribution in [3.8, 4) is 0 Å². The number of likely N-dealkylation sites (N-methyl/N-ethyl adjacent to an activating group) is 1. The molecule has 2 heterocycles. The molecule has 1 unspecified atom stereocenters. The van der Waals surface area contributed by atoms with Crippen LogP contribution in [0, 0.1) is 0 Å². The molecule has 4 rings (SSSR count). The highest BCUT2D eigenvalue weighted by Crippen LogP contribution is 2.33. The fourth-order valence-electron chi connectivity index (χ4n) is 5.00. The number of hydrogen-bond donors (Lipinski definition) is 1. The van der Waals surface area contributed by atoms with Gasteiger partial charge < -0.3 is 20.1 Å². The summed E-state index contributed by atoms with van der Waals surface area (Å²) >= 11 is 0. The Kier molecular flexibility index (Phi) is 8.31. The monoisotopic (exact) mass is 452 g/mol. The maximum absolute atomic E-state index is 13.1. The Bertz CT molecular complexity index is 894. The second-order valence-corrected chi connectivity index (χ2v) is 9.11. The molecule has 33 heavy (non-hydrogen) atoms. The van der Waals surface area contributed by atoms with Crippen LogP contribution in [0.5, 0.6) is 0 Å². The van der Waals surface area contributed by atoms with Crippen LogP contribution >= 0.6 is 0 Å². The maximum atomic E-state index is 13.1. The first-order valence-electron chi connectivity index (χ1n) is 12.1. The molecule has 2 aliphatic rings. The predicted octanol–water partition coefficient (Wildman–Crippen LogP) is 3.54. The number of hydrogen-bond acceptors (Lipinski definition) is 6. The number of amides is 1. The summed E-state index contributed by atoms with van der Waals surface area (Å²) in [6.45, 7) is 2.82. The molecular weight excluding hydrogens is 416 g/mol. The van der Waals surface area contributed by atoms with Gasteiger partial charge in [-0.1, -0.05) is 36.4 Å². The third-order valence-corrected chi connectivity index (χ3v) is 6.71. The van der Waals surface area contributed by atoms with Crippen molar-refractivity contribution in [2.45, 2.75) is 56.9 Å². The Balaban J connectivity index is 1.42. The number of nitrogens with zero attached hydrogens (tertiary/aromatic N) is 3. The standard InChI is InChI=1S/C26H36N4O3/c1-29(24-12-5-10-21-11-6-14-28-25(21)24)17-22-16-23(32-15-7-13-27)18-30(22)26(31)33-19-20-8-3-2-4-9-20/h2-4,6,8-9,11,14,22-24H,5,7,10,12-13,15-19,27H2,1H3/t22-,23?,24-/m0/s1. The first-order chi connectivity index (χ1) is 16.2. The molecule has 1 aromatic carbocycles. The highest BCUT2D eigenvalue weighted by Gasteiger charge is 2.38. The lowest BCUT2D eigenvalue weighted by molar-refractivity contribution is 0.0529. The van der Waals surface area contributed by atoms with Gasteiger partial charge in [0, 0.05) is 19.3 Å². The van der Waals surface area contributed by atoms with Crippen LogP contribution in [-0.2, 0) is 22.5 Å². The van der Waals surface area contributed by atoms with E-state index in [4.69, 9.17) is 20.2 Å². The zero-order valence-electron chi connectivity index (χ0n) is 19.6. The number of aryl methyl sites for hydroxylation is 1. The van der Waals surface area contributed by atoms with Gasteiger partial charge in [0.1, 0.15) is 6.61 Å². The third kappa shape index (κ3) is 6.10. The Morgan fingerprint density at radius 2 is 2.09 bits per heavy atom. The van der Waals surface area contributed by atoms with Gasteiger partial charge in [0.15, 0.2) is 0 Å². The van der Waals surface area contributed by atoms with Crippen molar-refractivity contribution < 1.29 is 14.3 Å². The van der Waals surface area contributed by atoms with E-state index >= 15 is 0 Å². The van der Waals surface area contributed by atoms with Crippen LogP contribution in [0.25, 0.3) is 0 Å². The molecule has 0 spiro atoms. The molecule has 1 amide bonds. The van der Waals surface area contributed by atoms with Gasteiger partial charge in [-0.05, 0) is 62.9 Å². The number of ether oxygens (including phenoxy) is 2. The third-order valence-electron chi connectivity index (χ3n) is 6.71. The zero-order chi connectivity index (χ0) is 23.0. The van der Waals surface area contributed by atoms with E-state index in [9.17, 15) is 4.79 Å². The van der Waals surface area contributed by atoms with Gasteiger partial charge in [0.25, 0.3) is 0 Å². The predicted molar refractivity (Wildman–Crippen MR) is 128 cm³/mol. The van der Waals surface area contributed by atoms with E-state index in [1.165, 1.54) is 11.3 Å². The summed E-state index contributed by atoms with van der Waals surface area (Å²) in [5, 5.41) is 0. The smallest absolute Gasteiger partial charge is 0.410 e. The van der Waals surface area contributed by atoms with Crippen LogP contribution in [0.2, 0.25) is 0 Å². The SMILES string of the molecule is CN(C[C@@H]1CC(OCCCN)CN1C(=O)OCc1ccccc1)[C@H]1CCCc2cccnc21. The van der Waals surface area contributed by atoms with E-state index in [1.807, 2.05) is 47.5 Å². The Morgan fingerprint density at radius 3 is 2.91 bits per heavy atom. The van der Waals surface area contributed by atoms with Gasteiger partial charge in [0.2, 0.25) is 0 Å². The zero-order valence-corrected chi connectivity index (χ0v) is 19.6. The van der Waals surface area contributed by atoms with Crippen LogP contribution < -0.4 is 5.73 Å². The van der Waals surface area contributed by atoms with E-state index in [0.717, 1.165) is 44.2 Å². The fourth-order valence-corrected chi connectivity index (χ4v) is 5.00. The van der Waals surface area contributed by atoms with Crippen LogP contribution in [-0.4, -0.2) is 66.3 Å². The second kappa shape index (κ2) is 11.6. The number of likely N-dealkylation sites (tertiary alicyclic amines) is 1. The lowest BCUT2D eigenvalue weighted by Gasteiger charge is -2.35. The molecule has 2 aromatic rings. The van der Waals surface area contributed by atoms with E-state index in [-0.39, 0.29) is 30.9 Å². The lowest BCUT2D eigenvalue weighted by atomic mass is 9.91. The van der Waals surface area contributed by atoms with E-state index in [2.05, 4.69) is 18.0 Å². The van der Waals surface area contributed by atoms with Crippen LogP contribution in [0.3, 0.4) is 0 Å². The first kappa shape index (κ1) is 23.7. The van der Waals surface area contributed by atoms with E-state index < -0.39 is 0 Å². The summed E-state index contributed by atoms with van der Waals surface area (Å²) in [7, 11) is 2.14. The second-order valence-electron chi connectivity index (χ2n) is 9.11. The van der Waals surface area contributed by atoms with Crippen molar-refractivity contribution in [1.29, 1.82) is 0 Å².